The normalized spacial score (nSPS) is 32.2. The highest BCUT2D eigenvalue weighted by molar-refractivity contribution is 7.10. The second-order valence-electron chi connectivity index (χ2n) is 6.81. The van der Waals surface area contributed by atoms with E-state index in [9.17, 15) is 4.79 Å². The number of piperidine rings is 1. The SMILES string of the molecule is O=C(N[C@@H]1CCN2CCCC[C@H]12)N1CCC[C@H]1c1cccs1. The average Bonchev–Trinajstić information content (AvgIpc) is 3.27. The smallest absolute Gasteiger partial charge is 0.318 e. The molecule has 3 fully saturated rings. The van der Waals surface area contributed by atoms with E-state index in [1.807, 2.05) is 0 Å². The number of urea groups is 1. The molecule has 3 saturated heterocycles. The zero-order chi connectivity index (χ0) is 14.9. The van der Waals surface area contributed by atoms with Gasteiger partial charge in [-0.05, 0) is 50.1 Å². The van der Waals surface area contributed by atoms with E-state index in [-0.39, 0.29) is 6.03 Å². The summed E-state index contributed by atoms with van der Waals surface area (Å²) in [5.74, 6) is 0. The lowest BCUT2D eigenvalue weighted by atomic mass is 9.99. The van der Waals surface area contributed by atoms with Gasteiger partial charge in [0, 0.05) is 30.1 Å². The molecule has 2 amide bonds. The van der Waals surface area contributed by atoms with Gasteiger partial charge in [0.15, 0.2) is 0 Å². The van der Waals surface area contributed by atoms with Gasteiger partial charge in [0.2, 0.25) is 0 Å². The minimum Gasteiger partial charge on any atom is -0.334 e. The van der Waals surface area contributed by atoms with Crippen LogP contribution in [0.25, 0.3) is 0 Å². The van der Waals surface area contributed by atoms with Gasteiger partial charge in [-0.15, -0.1) is 11.3 Å². The van der Waals surface area contributed by atoms with Gasteiger partial charge in [-0.1, -0.05) is 12.5 Å². The van der Waals surface area contributed by atoms with Gasteiger partial charge in [0.1, 0.15) is 0 Å². The van der Waals surface area contributed by atoms with Gasteiger partial charge in [-0.25, -0.2) is 4.79 Å². The van der Waals surface area contributed by atoms with Crippen molar-refractivity contribution in [1.82, 2.24) is 15.1 Å². The molecule has 0 spiro atoms. The van der Waals surface area contributed by atoms with Crippen LogP contribution in [0.5, 0.6) is 0 Å². The second-order valence-corrected chi connectivity index (χ2v) is 7.79. The van der Waals surface area contributed by atoms with Crippen LogP contribution in [0.3, 0.4) is 0 Å². The lowest BCUT2D eigenvalue weighted by Crippen LogP contribution is -2.50. The maximum atomic E-state index is 12.8. The van der Waals surface area contributed by atoms with Crippen LogP contribution in [0.4, 0.5) is 4.79 Å². The number of nitrogens with one attached hydrogen (secondary N) is 1. The fourth-order valence-corrected chi connectivity index (χ4v) is 5.32. The molecular weight excluding hydrogens is 294 g/mol. The Labute approximate surface area is 136 Å². The first-order chi connectivity index (χ1) is 10.8. The van der Waals surface area contributed by atoms with E-state index in [4.69, 9.17) is 0 Å². The Hall–Kier alpha value is -1.07. The molecule has 1 aromatic heterocycles. The monoisotopic (exact) mass is 319 g/mol. The largest absolute Gasteiger partial charge is 0.334 e. The standard InChI is InChI=1S/C17H25N3OS/c21-17(18-13-8-11-19-9-2-1-5-14(13)19)20-10-3-6-15(20)16-7-4-12-22-16/h4,7,12-15H,1-3,5-6,8-11H2,(H,18,21)/t13-,14-,15+/m1/s1. The van der Waals surface area contributed by atoms with Crippen molar-refractivity contribution >= 4 is 17.4 Å². The molecule has 0 unspecified atom stereocenters. The Kier molecular flexibility index (Phi) is 4.09. The first kappa shape index (κ1) is 14.5. The number of likely N-dealkylation sites (tertiary alicyclic amines) is 1. The summed E-state index contributed by atoms with van der Waals surface area (Å²) in [6.07, 6.45) is 7.23. The van der Waals surface area contributed by atoms with E-state index in [0.29, 0.717) is 18.1 Å². The van der Waals surface area contributed by atoms with E-state index in [1.165, 1.54) is 30.7 Å². The van der Waals surface area contributed by atoms with Crippen molar-refractivity contribution in [2.45, 2.75) is 56.7 Å². The van der Waals surface area contributed by atoms with Crippen molar-refractivity contribution < 1.29 is 4.79 Å². The summed E-state index contributed by atoms with van der Waals surface area (Å²) < 4.78 is 0. The van der Waals surface area contributed by atoms with Crippen LogP contribution in [0, 0.1) is 0 Å². The molecule has 3 aliphatic heterocycles. The van der Waals surface area contributed by atoms with Crippen molar-refractivity contribution in [3.05, 3.63) is 22.4 Å². The maximum absolute atomic E-state index is 12.8. The Balaban J connectivity index is 1.41. The van der Waals surface area contributed by atoms with Crippen LogP contribution < -0.4 is 5.32 Å². The number of carbonyl (C=O) groups excluding carboxylic acids is 1. The molecular formula is C17H25N3OS. The molecule has 1 aromatic rings. The van der Waals surface area contributed by atoms with Crippen LogP contribution in [-0.2, 0) is 0 Å². The minimum absolute atomic E-state index is 0.160. The summed E-state index contributed by atoms with van der Waals surface area (Å²) in [7, 11) is 0. The van der Waals surface area contributed by atoms with Gasteiger partial charge in [0.05, 0.1) is 6.04 Å². The fraction of sp³-hybridized carbons (Fsp3) is 0.706. The zero-order valence-corrected chi connectivity index (χ0v) is 13.9. The molecule has 5 heteroatoms. The van der Waals surface area contributed by atoms with Gasteiger partial charge in [-0.2, -0.15) is 0 Å². The maximum Gasteiger partial charge on any atom is 0.318 e. The molecule has 4 rings (SSSR count). The molecule has 4 heterocycles. The third-order valence-electron chi connectivity index (χ3n) is 5.55. The fourth-order valence-electron chi connectivity index (χ4n) is 4.44. The number of carbonyl (C=O) groups is 1. The van der Waals surface area contributed by atoms with Crippen LogP contribution in [0.1, 0.15) is 49.4 Å². The molecule has 22 heavy (non-hydrogen) atoms. The summed E-state index contributed by atoms with van der Waals surface area (Å²) in [6.45, 7) is 3.28. The lowest BCUT2D eigenvalue weighted by Gasteiger charge is -2.34. The predicted octanol–water partition coefficient (Wildman–Crippen LogP) is 3.22. The molecule has 0 saturated carbocycles. The molecule has 4 nitrogen and oxygen atoms in total. The van der Waals surface area contributed by atoms with Gasteiger partial charge >= 0.3 is 6.03 Å². The topological polar surface area (TPSA) is 35.6 Å². The number of rotatable bonds is 2. The zero-order valence-electron chi connectivity index (χ0n) is 13.0. The summed E-state index contributed by atoms with van der Waals surface area (Å²) in [5.41, 5.74) is 0. The van der Waals surface area contributed by atoms with Crippen LogP contribution in [0.2, 0.25) is 0 Å². The summed E-state index contributed by atoms with van der Waals surface area (Å²) in [5, 5.41) is 5.47. The molecule has 120 valence electrons. The molecule has 0 bridgehead atoms. The highest BCUT2D eigenvalue weighted by Gasteiger charge is 2.38. The average molecular weight is 319 g/mol. The first-order valence-corrected chi connectivity index (χ1v) is 9.55. The van der Waals surface area contributed by atoms with Crippen molar-refractivity contribution in [3.8, 4) is 0 Å². The molecule has 3 atom stereocenters. The van der Waals surface area contributed by atoms with Crippen molar-refractivity contribution in [1.29, 1.82) is 0 Å². The van der Waals surface area contributed by atoms with Gasteiger partial charge < -0.3 is 10.2 Å². The Bertz CT molecular complexity index is 518. The number of nitrogens with zero attached hydrogens (tertiary/aromatic N) is 2. The summed E-state index contributed by atoms with van der Waals surface area (Å²) >= 11 is 1.77. The van der Waals surface area contributed by atoms with Crippen molar-refractivity contribution in [2.75, 3.05) is 19.6 Å². The van der Waals surface area contributed by atoms with Crippen LogP contribution >= 0.6 is 11.3 Å². The Morgan fingerprint density at radius 1 is 1.14 bits per heavy atom. The number of thiophene rings is 1. The quantitative estimate of drug-likeness (QED) is 0.908. The van der Waals surface area contributed by atoms with Crippen molar-refractivity contribution in [3.63, 3.8) is 0 Å². The van der Waals surface area contributed by atoms with Crippen LogP contribution in [0.15, 0.2) is 17.5 Å². The molecule has 0 radical (unpaired) electrons. The molecule has 0 aliphatic carbocycles. The minimum atomic E-state index is 0.160. The Morgan fingerprint density at radius 2 is 2.09 bits per heavy atom. The Morgan fingerprint density at radius 3 is 2.95 bits per heavy atom. The molecule has 0 aromatic carbocycles. The highest BCUT2D eigenvalue weighted by atomic mass is 32.1. The second kappa shape index (κ2) is 6.20. The van der Waals surface area contributed by atoms with Crippen LogP contribution in [-0.4, -0.2) is 47.5 Å². The highest BCUT2D eigenvalue weighted by Crippen LogP contribution is 2.35. The van der Waals surface area contributed by atoms with Crippen molar-refractivity contribution in [2.24, 2.45) is 0 Å². The van der Waals surface area contributed by atoms with E-state index >= 15 is 0 Å². The number of hydrogen-bond acceptors (Lipinski definition) is 3. The third kappa shape index (κ3) is 2.65. The molecule has 1 N–H and O–H groups in total. The number of fused-ring (bicyclic) bond motifs is 1. The predicted molar refractivity (Wildman–Crippen MR) is 89.1 cm³/mol. The van der Waals surface area contributed by atoms with E-state index in [2.05, 4.69) is 32.6 Å². The summed E-state index contributed by atoms with van der Waals surface area (Å²) in [4.78, 5) is 18.8. The van der Waals surface area contributed by atoms with Gasteiger partial charge in [0.25, 0.3) is 0 Å². The molecule has 3 aliphatic rings. The number of amides is 2. The summed E-state index contributed by atoms with van der Waals surface area (Å²) in [6, 6.07) is 5.65. The van der Waals surface area contributed by atoms with Gasteiger partial charge in [-0.3, -0.25) is 4.90 Å². The van der Waals surface area contributed by atoms with E-state index in [1.54, 1.807) is 11.3 Å². The van der Waals surface area contributed by atoms with E-state index < -0.39 is 0 Å². The van der Waals surface area contributed by atoms with E-state index in [0.717, 1.165) is 32.4 Å². The number of hydrogen-bond donors (Lipinski definition) is 1. The first-order valence-electron chi connectivity index (χ1n) is 8.67. The third-order valence-corrected chi connectivity index (χ3v) is 6.52. The lowest BCUT2D eigenvalue weighted by molar-refractivity contribution is 0.165.